The molecule has 1 N–H and O–H groups in total. The van der Waals surface area contributed by atoms with Gasteiger partial charge in [0, 0.05) is 18.9 Å². The highest BCUT2D eigenvalue weighted by Gasteiger charge is 2.23. The lowest BCUT2D eigenvalue weighted by molar-refractivity contribution is 0.0752. The van der Waals surface area contributed by atoms with Gasteiger partial charge in [-0.1, -0.05) is 17.3 Å². The van der Waals surface area contributed by atoms with Crippen LogP contribution in [0.4, 0.5) is 0 Å². The Bertz CT molecular complexity index is 950. The zero-order chi connectivity index (χ0) is 18.8. The number of imidazole rings is 1. The average molecular weight is 368 g/mol. The van der Waals surface area contributed by atoms with Gasteiger partial charge >= 0.3 is 0 Å². The molecule has 3 aromatic rings. The molecule has 1 unspecified atom stereocenters. The van der Waals surface area contributed by atoms with Gasteiger partial charge in [0.1, 0.15) is 12.4 Å². The lowest BCUT2D eigenvalue weighted by atomic mass is 10.2. The summed E-state index contributed by atoms with van der Waals surface area (Å²) in [6, 6.07) is 7.53. The van der Waals surface area contributed by atoms with E-state index in [2.05, 4.69) is 20.3 Å². The molecule has 0 saturated carbocycles. The summed E-state index contributed by atoms with van der Waals surface area (Å²) in [5.74, 6) is 1.94. The predicted molar refractivity (Wildman–Crippen MR) is 95.5 cm³/mol. The molecule has 2 aromatic heterocycles. The molecule has 1 aliphatic rings. The van der Waals surface area contributed by atoms with E-state index in [1.54, 1.807) is 29.0 Å². The molecule has 1 atom stereocenters. The van der Waals surface area contributed by atoms with Crippen LogP contribution in [0.3, 0.4) is 0 Å². The van der Waals surface area contributed by atoms with Gasteiger partial charge in [-0.15, -0.1) is 5.10 Å². The number of nitrogens with zero attached hydrogens (tertiary/aromatic N) is 5. The first-order valence-electron chi connectivity index (χ1n) is 8.63. The second-order valence-corrected chi connectivity index (χ2v) is 6.50. The van der Waals surface area contributed by atoms with Crippen molar-refractivity contribution in [1.82, 2.24) is 29.9 Å². The van der Waals surface area contributed by atoms with Crippen LogP contribution in [-0.4, -0.2) is 55.5 Å². The number of benzene rings is 1. The summed E-state index contributed by atoms with van der Waals surface area (Å²) in [7, 11) is 1.70. The minimum Gasteiger partial charge on any atom is -0.486 e. The van der Waals surface area contributed by atoms with Crippen molar-refractivity contribution in [3.63, 3.8) is 0 Å². The van der Waals surface area contributed by atoms with Crippen LogP contribution in [0.2, 0.25) is 0 Å². The highest BCUT2D eigenvalue weighted by atomic mass is 16.6. The molecule has 9 nitrogen and oxygen atoms in total. The van der Waals surface area contributed by atoms with Gasteiger partial charge in [-0.05, 0) is 19.1 Å². The number of carbonyl (C=O) groups is 1. The Labute approximate surface area is 155 Å². The molecule has 1 aliphatic heterocycles. The Morgan fingerprint density at radius 2 is 2.19 bits per heavy atom. The zero-order valence-corrected chi connectivity index (χ0v) is 15.1. The molecule has 4 rings (SSSR count). The smallest absolute Gasteiger partial charge is 0.276 e. The summed E-state index contributed by atoms with van der Waals surface area (Å²) < 4.78 is 13.2. The van der Waals surface area contributed by atoms with E-state index in [1.807, 2.05) is 31.2 Å². The highest BCUT2D eigenvalue weighted by molar-refractivity contribution is 5.91. The second kappa shape index (κ2) is 7.10. The summed E-state index contributed by atoms with van der Waals surface area (Å²) in [6.45, 7) is 3.14. The van der Waals surface area contributed by atoms with Crippen molar-refractivity contribution in [1.29, 1.82) is 0 Å². The maximum Gasteiger partial charge on any atom is 0.276 e. The van der Waals surface area contributed by atoms with E-state index in [-0.39, 0.29) is 17.7 Å². The minimum atomic E-state index is -0.221. The summed E-state index contributed by atoms with van der Waals surface area (Å²) in [4.78, 5) is 21.4. The third kappa shape index (κ3) is 3.76. The maximum atomic E-state index is 12.5. The van der Waals surface area contributed by atoms with Gasteiger partial charge in [-0.2, -0.15) is 0 Å². The Kier molecular flexibility index (Phi) is 4.49. The van der Waals surface area contributed by atoms with Gasteiger partial charge < -0.3 is 19.4 Å². The lowest BCUT2D eigenvalue weighted by Crippen LogP contribution is -2.33. The number of hydrogen-bond acceptors (Lipinski definition) is 6. The number of fused-ring (bicyclic) bond motifs is 1. The fourth-order valence-corrected chi connectivity index (χ4v) is 2.89. The normalized spacial score (nSPS) is 15.6. The Hall–Kier alpha value is -3.36. The van der Waals surface area contributed by atoms with Crippen molar-refractivity contribution in [2.75, 3.05) is 13.7 Å². The van der Waals surface area contributed by atoms with E-state index < -0.39 is 0 Å². The van der Waals surface area contributed by atoms with Crippen LogP contribution in [0.1, 0.15) is 22.0 Å². The predicted octanol–water partition coefficient (Wildman–Crippen LogP) is 1.42. The number of H-pyrrole nitrogens is 1. The van der Waals surface area contributed by atoms with E-state index in [1.165, 1.54) is 0 Å². The number of carbonyl (C=O) groups excluding carboxylic acids is 1. The van der Waals surface area contributed by atoms with Crippen LogP contribution in [0, 0.1) is 6.92 Å². The van der Waals surface area contributed by atoms with Crippen molar-refractivity contribution in [3.05, 3.63) is 53.9 Å². The fraction of sp³-hybridized carbons (Fsp3) is 0.333. The van der Waals surface area contributed by atoms with E-state index in [0.29, 0.717) is 25.4 Å². The fourth-order valence-electron chi connectivity index (χ4n) is 2.89. The van der Waals surface area contributed by atoms with Gasteiger partial charge in [-0.25, -0.2) is 9.67 Å². The molecule has 140 valence electrons. The molecule has 1 amide bonds. The maximum absolute atomic E-state index is 12.5. The number of aromatic amines is 1. The van der Waals surface area contributed by atoms with E-state index >= 15 is 0 Å². The molecular formula is C18H20N6O3. The van der Waals surface area contributed by atoms with Crippen LogP contribution in [0.5, 0.6) is 11.5 Å². The number of hydrogen-bond donors (Lipinski definition) is 1. The van der Waals surface area contributed by atoms with Crippen LogP contribution < -0.4 is 9.47 Å². The largest absolute Gasteiger partial charge is 0.486 e. The highest BCUT2D eigenvalue weighted by Crippen LogP contribution is 2.31. The molecule has 3 heterocycles. The number of para-hydroxylation sites is 2. The second-order valence-electron chi connectivity index (χ2n) is 6.50. The molecule has 0 saturated heterocycles. The van der Waals surface area contributed by atoms with Gasteiger partial charge in [0.25, 0.3) is 5.91 Å². The van der Waals surface area contributed by atoms with Crippen molar-refractivity contribution < 1.29 is 14.3 Å². The first-order chi connectivity index (χ1) is 13.1. The van der Waals surface area contributed by atoms with Crippen LogP contribution >= 0.6 is 0 Å². The topological polar surface area (TPSA) is 98.2 Å². The Morgan fingerprint density at radius 1 is 1.37 bits per heavy atom. The van der Waals surface area contributed by atoms with Crippen LogP contribution in [0.25, 0.3) is 0 Å². The molecule has 9 heteroatoms. The molecule has 27 heavy (non-hydrogen) atoms. The number of aryl methyl sites for hydroxylation is 1. The van der Waals surface area contributed by atoms with Crippen LogP contribution in [-0.2, 0) is 13.1 Å². The van der Waals surface area contributed by atoms with E-state index in [0.717, 1.165) is 17.3 Å². The molecule has 0 aliphatic carbocycles. The number of aromatic nitrogens is 5. The Morgan fingerprint density at radius 3 is 2.96 bits per heavy atom. The van der Waals surface area contributed by atoms with Crippen molar-refractivity contribution in [2.24, 2.45) is 0 Å². The summed E-state index contributed by atoms with van der Waals surface area (Å²) in [5, 5.41) is 8.03. The first kappa shape index (κ1) is 17.1. The Balaban J connectivity index is 1.37. The van der Waals surface area contributed by atoms with Gasteiger partial charge in [-0.3, -0.25) is 4.79 Å². The monoisotopic (exact) mass is 368 g/mol. The molecule has 0 fully saturated rings. The molecule has 0 radical (unpaired) electrons. The van der Waals surface area contributed by atoms with E-state index in [9.17, 15) is 4.79 Å². The van der Waals surface area contributed by atoms with Crippen molar-refractivity contribution >= 4 is 5.91 Å². The number of ether oxygens (including phenoxy) is 2. The van der Waals surface area contributed by atoms with Gasteiger partial charge in [0.05, 0.1) is 19.3 Å². The summed E-state index contributed by atoms with van der Waals surface area (Å²) >= 11 is 0. The minimum absolute atomic E-state index is 0.201. The van der Waals surface area contributed by atoms with Gasteiger partial charge in [0.15, 0.2) is 23.3 Å². The quantitative estimate of drug-likeness (QED) is 0.731. The lowest BCUT2D eigenvalue weighted by Gasteiger charge is -2.26. The van der Waals surface area contributed by atoms with Crippen molar-refractivity contribution in [2.45, 2.75) is 26.1 Å². The molecule has 0 spiro atoms. The zero-order valence-electron chi connectivity index (χ0n) is 15.1. The van der Waals surface area contributed by atoms with Gasteiger partial charge in [0.2, 0.25) is 0 Å². The molecular weight excluding hydrogens is 348 g/mol. The third-order valence-electron chi connectivity index (χ3n) is 4.21. The number of amides is 1. The summed E-state index contributed by atoms with van der Waals surface area (Å²) in [6.07, 6.45) is 3.15. The number of nitrogens with one attached hydrogen (secondary N) is 1. The van der Waals surface area contributed by atoms with Crippen molar-refractivity contribution in [3.8, 4) is 11.5 Å². The average Bonchev–Trinajstić information content (AvgIpc) is 3.30. The SMILES string of the molecule is Cc1cnc(CN(C)C(=O)c2cn(CC3COc4ccccc4O3)nn2)[nH]1. The molecule has 1 aromatic carbocycles. The number of rotatable bonds is 5. The third-order valence-corrected chi connectivity index (χ3v) is 4.21. The van der Waals surface area contributed by atoms with Crippen LogP contribution in [0.15, 0.2) is 36.7 Å². The summed E-state index contributed by atoms with van der Waals surface area (Å²) in [5.41, 5.74) is 1.23. The van der Waals surface area contributed by atoms with E-state index in [4.69, 9.17) is 9.47 Å². The first-order valence-corrected chi connectivity index (χ1v) is 8.63. The standard InChI is InChI=1S/C18H20N6O3/c1-12-7-19-17(20-12)10-23(2)18(25)14-9-24(22-21-14)8-13-11-26-15-5-3-4-6-16(15)27-13/h3-7,9,13H,8,10-11H2,1-2H3,(H,19,20). The molecule has 0 bridgehead atoms.